The molecule has 2 amide bonds. The zero-order chi connectivity index (χ0) is 20.3. The van der Waals surface area contributed by atoms with Gasteiger partial charge in [-0.3, -0.25) is 14.5 Å². The molecule has 2 heterocycles. The predicted octanol–water partition coefficient (Wildman–Crippen LogP) is 2.52. The van der Waals surface area contributed by atoms with Crippen LogP contribution in [0, 0.1) is 11.6 Å². The van der Waals surface area contributed by atoms with E-state index in [1.165, 1.54) is 18.3 Å². The van der Waals surface area contributed by atoms with Crippen molar-refractivity contribution in [2.24, 2.45) is 0 Å². The number of carbonyl (C=O) groups excluding carboxylic acids is 2. The van der Waals surface area contributed by atoms with E-state index in [-0.39, 0.29) is 24.4 Å². The van der Waals surface area contributed by atoms with Gasteiger partial charge < -0.3 is 10.2 Å². The minimum atomic E-state index is -0.670. The number of hydrogen-bond acceptors (Lipinski definition) is 4. The second-order valence-electron chi connectivity index (χ2n) is 6.93. The lowest BCUT2D eigenvalue weighted by Gasteiger charge is -2.39. The molecule has 0 unspecified atom stereocenters. The predicted molar refractivity (Wildman–Crippen MR) is 102 cm³/mol. The van der Waals surface area contributed by atoms with Crippen molar-refractivity contribution < 1.29 is 18.4 Å². The second kappa shape index (κ2) is 8.43. The summed E-state index contributed by atoms with van der Waals surface area (Å²) in [6, 6.07) is 6.48. The Hall–Kier alpha value is -2.87. The van der Waals surface area contributed by atoms with Gasteiger partial charge in [-0.2, -0.15) is 0 Å². The van der Waals surface area contributed by atoms with Crippen molar-refractivity contribution in [2.75, 3.05) is 31.5 Å². The number of hydrogen-bond donors (Lipinski definition) is 1. The fraction of sp³-hybridized carbons (Fsp3) is 0.350. The van der Waals surface area contributed by atoms with Crippen LogP contribution in [0.1, 0.15) is 13.8 Å². The third-order valence-corrected chi connectivity index (χ3v) is 4.71. The lowest BCUT2D eigenvalue weighted by molar-refractivity contribution is -0.133. The monoisotopic (exact) mass is 388 g/mol. The lowest BCUT2D eigenvalue weighted by atomic mass is 10.1. The van der Waals surface area contributed by atoms with Gasteiger partial charge in [0.15, 0.2) is 0 Å². The number of amides is 2. The summed E-state index contributed by atoms with van der Waals surface area (Å²) in [5, 5.41) is 2.72. The molecule has 2 aromatic rings. The molecule has 1 fully saturated rings. The molecule has 0 aliphatic carbocycles. The molecular formula is C20H22F2N4O2. The van der Waals surface area contributed by atoms with Crippen molar-refractivity contribution in [1.29, 1.82) is 0 Å². The van der Waals surface area contributed by atoms with Crippen molar-refractivity contribution in [1.82, 2.24) is 14.8 Å². The van der Waals surface area contributed by atoms with Gasteiger partial charge in [-0.05, 0) is 42.3 Å². The van der Waals surface area contributed by atoms with Gasteiger partial charge in [0.05, 0.1) is 6.54 Å². The Balaban J connectivity index is 1.63. The third kappa shape index (κ3) is 4.89. The standard InChI is InChI=1S/C20H22F2N4O2/c1-13-11-25(5-6-26(13)14(2)27)12-20(28)24-19-9-15(3-4-23-19)16-7-17(21)10-18(22)8-16/h3-4,7-10,13H,5-6,11-12H2,1-2H3,(H,23,24,28)/t13-/m1/s1. The Morgan fingerprint density at radius 2 is 1.86 bits per heavy atom. The Bertz CT molecular complexity index is 870. The highest BCUT2D eigenvalue weighted by Crippen LogP contribution is 2.23. The molecule has 1 aromatic carbocycles. The summed E-state index contributed by atoms with van der Waals surface area (Å²) >= 11 is 0. The molecule has 28 heavy (non-hydrogen) atoms. The summed E-state index contributed by atoms with van der Waals surface area (Å²) in [5.74, 6) is -1.24. The van der Waals surface area contributed by atoms with E-state index in [0.717, 1.165) is 6.07 Å². The number of rotatable bonds is 4. The summed E-state index contributed by atoms with van der Waals surface area (Å²) < 4.78 is 26.9. The molecule has 1 aliphatic rings. The van der Waals surface area contributed by atoms with Gasteiger partial charge in [-0.1, -0.05) is 0 Å². The van der Waals surface area contributed by atoms with Crippen LogP contribution in [-0.4, -0.2) is 58.8 Å². The van der Waals surface area contributed by atoms with Crippen molar-refractivity contribution in [3.05, 3.63) is 48.2 Å². The van der Waals surface area contributed by atoms with Gasteiger partial charge in [0.1, 0.15) is 17.5 Å². The normalized spacial score (nSPS) is 17.4. The number of nitrogens with one attached hydrogen (secondary N) is 1. The van der Waals surface area contributed by atoms with Crippen molar-refractivity contribution in [3.8, 4) is 11.1 Å². The summed E-state index contributed by atoms with van der Waals surface area (Å²) in [6.45, 7) is 5.49. The highest BCUT2D eigenvalue weighted by atomic mass is 19.1. The summed E-state index contributed by atoms with van der Waals surface area (Å²) in [4.78, 5) is 31.8. The van der Waals surface area contributed by atoms with Gasteiger partial charge in [0.2, 0.25) is 11.8 Å². The summed E-state index contributed by atoms with van der Waals surface area (Å²) in [5.41, 5.74) is 0.914. The smallest absolute Gasteiger partial charge is 0.239 e. The fourth-order valence-electron chi connectivity index (χ4n) is 3.43. The molecule has 0 spiro atoms. The number of anilines is 1. The van der Waals surface area contributed by atoms with Gasteiger partial charge in [-0.25, -0.2) is 13.8 Å². The SMILES string of the molecule is CC(=O)N1CCN(CC(=O)Nc2cc(-c3cc(F)cc(F)c3)ccn2)C[C@H]1C. The molecule has 0 bridgehead atoms. The highest BCUT2D eigenvalue weighted by molar-refractivity contribution is 5.92. The van der Waals surface area contributed by atoms with Crippen LogP contribution in [-0.2, 0) is 9.59 Å². The van der Waals surface area contributed by atoms with Crippen LogP contribution in [0.25, 0.3) is 11.1 Å². The van der Waals surface area contributed by atoms with Gasteiger partial charge >= 0.3 is 0 Å². The second-order valence-corrected chi connectivity index (χ2v) is 6.93. The maximum absolute atomic E-state index is 13.4. The first-order valence-electron chi connectivity index (χ1n) is 9.04. The zero-order valence-electron chi connectivity index (χ0n) is 15.8. The Kier molecular flexibility index (Phi) is 5.99. The first-order chi connectivity index (χ1) is 13.3. The quantitative estimate of drug-likeness (QED) is 0.874. The number of carbonyl (C=O) groups is 2. The van der Waals surface area contributed by atoms with Crippen LogP contribution in [0.15, 0.2) is 36.5 Å². The van der Waals surface area contributed by atoms with E-state index >= 15 is 0 Å². The molecule has 0 radical (unpaired) electrons. The maximum Gasteiger partial charge on any atom is 0.239 e. The van der Waals surface area contributed by atoms with Crippen LogP contribution in [0.3, 0.4) is 0 Å². The minimum Gasteiger partial charge on any atom is -0.338 e. The molecule has 3 rings (SSSR count). The van der Waals surface area contributed by atoms with E-state index in [0.29, 0.717) is 36.6 Å². The third-order valence-electron chi connectivity index (χ3n) is 4.71. The highest BCUT2D eigenvalue weighted by Gasteiger charge is 2.26. The summed E-state index contributed by atoms with van der Waals surface area (Å²) in [6.07, 6.45) is 1.47. The molecule has 1 saturated heterocycles. The van der Waals surface area contributed by atoms with E-state index in [1.54, 1.807) is 24.0 Å². The average Bonchev–Trinajstić information content (AvgIpc) is 2.60. The number of piperazine rings is 1. The van der Waals surface area contributed by atoms with Gasteiger partial charge in [0, 0.05) is 44.9 Å². The maximum atomic E-state index is 13.4. The largest absolute Gasteiger partial charge is 0.338 e. The van der Waals surface area contributed by atoms with E-state index in [2.05, 4.69) is 10.3 Å². The van der Waals surface area contributed by atoms with Gasteiger partial charge in [0.25, 0.3) is 0 Å². The van der Waals surface area contributed by atoms with Crippen LogP contribution < -0.4 is 5.32 Å². The molecule has 0 saturated carbocycles. The number of aromatic nitrogens is 1. The van der Waals surface area contributed by atoms with Crippen LogP contribution in [0.5, 0.6) is 0 Å². The Morgan fingerprint density at radius 1 is 1.14 bits per heavy atom. The number of halogens is 2. The van der Waals surface area contributed by atoms with E-state index in [1.807, 2.05) is 11.8 Å². The summed E-state index contributed by atoms with van der Waals surface area (Å²) in [7, 11) is 0. The molecule has 1 aromatic heterocycles. The molecule has 6 nitrogen and oxygen atoms in total. The van der Waals surface area contributed by atoms with E-state index < -0.39 is 11.6 Å². The molecule has 1 aliphatic heterocycles. The Labute approximate surface area is 162 Å². The Morgan fingerprint density at radius 3 is 2.50 bits per heavy atom. The zero-order valence-corrected chi connectivity index (χ0v) is 15.8. The van der Waals surface area contributed by atoms with Crippen LogP contribution in [0.2, 0.25) is 0 Å². The number of pyridine rings is 1. The average molecular weight is 388 g/mol. The first kappa shape index (κ1) is 19.9. The minimum absolute atomic E-state index is 0.0337. The molecule has 1 N–H and O–H groups in total. The van der Waals surface area contributed by atoms with E-state index in [4.69, 9.17) is 0 Å². The molecule has 8 heteroatoms. The number of benzene rings is 1. The van der Waals surface area contributed by atoms with Crippen LogP contribution >= 0.6 is 0 Å². The molecule has 148 valence electrons. The van der Waals surface area contributed by atoms with Crippen molar-refractivity contribution in [3.63, 3.8) is 0 Å². The first-order valence-corrected chi connectivity index (χ1v) is 9.04. The van der Waals surface area contributed by atoms with Crippen molar-refractivity contribution in [2.45, 2.75) is 19.9 Å². The number of nitrogens with zero attached hydrogens (tertiary/aromatic N) is 3. The molecule has 1 atom stereocenters. The van der Waals surface area contributed by atoms with Gasteiger partial charge in [-0.15, -0.1) is 0 Å². The van der Waals surface area contributed by atoms with Crippen LogP contribution in [0.4, 0.5) is 14.6 Å². The fourth-order valence-corrected chi connectivity index (χ4v) is 3.43. The molecular weight excluding hydrogens is 366 g/mol. The van der Waals surface area contributed by atoms with E-state index in [9.17, 15) is 18.4 Å². The topological polar surface area (TPSA) is 65.5 Å². The lowest BCUT2D eigenvalue weighted by Crippen LogP contribution is -2.54. The van der Waals surface area contributed by atoms with Crippen molar-refractivity contribution >= 4 is 17.6 Å².